The lowest BCUT2D eigenvalue weighted by molar-refractivity contribution is -0.140. The molecule has 0 fully saturated rings. The summed E-state index contributed by atoms with van der Waals surface area (Å²) in [7, 11) is 1.36. The molecular formula is C12H17ClN2O2. The number of nitrogen functional groups attached to an aromatic ring is 1. The fourth-order valence-electron chi connectivity index (χ4n) is 1.54. The van der Waals surface area contributed by atoms with E-state index in [1.807, 2.05) is 6.92 Å². The van der Waals surface area contributed by atoms with E-state index >= 15 is 0 Å². The molecule has 1 atom stereocenters. The number of rotatable bonds is 4. The maximum atomic E-state index is 11.0. The number of methoxy groups -OCH3 is 1. The molecule has 0 aliphatic heterocycles. The van der Waals surface area contributed by atoms with Crippen LogP contribution in [0.1, 0.15) is 30.0 Å². The lowest BCUT2D eigenvalue weighted by Gasteiger charge is -2.15. The monoisotopic (exact) mass is 256 g/mol. The topological polar surface area (TPSA) is 78.3 Å². The van der Waals surface area contributed by atoms with E-state index in [1.54, 1.807) is 12.1 Å². The molecule has 0 heterocycles. The summed E-state index contributed by atoms with van der Waals surface area (Å²) < 4.78 is 4.56. The molecule has 0 bridgehead atoms. The minimum atomic E-state index is -0.291. The molecule has 1 aromatic carbocycles. The molecule has 1 aromatic rings. The SMILES string of the molecule is COC(=O)CC[C@@H](N)c1ccc(N)c(C)c1Cl. The van der Waals surface area contributed by atoms with Crippen LogP contribution in [0, 0.1) is 6.92 Å². The van der Waals surface area contributed by atoms with Gasteiger partial charge in [0.1, 0.15) is 0 Å². The molecule has 0 unspecified atom stereocenters. The number of anilines is 1. The highest BCUT2D eigenvalue weighted by Gasteiger charge is 2.14. The fraction of sp³-hybridized carbons (Fsp3) is 0.417. The highest BCUT2D eigenvalue weighted by atomic mass is 35.5. The van der Waals surface area contributed by atoms with Crippen molar-refractivity contribution in [2.24, 2.45) is 5.73 Å². The first kappa shape index (κ1) is 13.8. The van der Waals surface area contributed by atoms with Crippen molar-refractivity contribution in [3.05, 3.63) is 28.3 Å². The second-order valence-corrected chi connectivity index (χ2v) is 4.28. The van der Waals surface area contributed by atoms with Gasteiger partial charge in [-0.15, -0.1) is 0 Å². The number of hydrogen-bond donors (Lipinski definition) is 2. The molecule has 0 radical (unpaired) electrons. The van der Waals surface area contributed by atoms with Crippen LogP contribution in [0.15, 0.2) is 12.1 Å². The van der Waals surface area contributed by atoms with E-state index in [1.165, 1.54) is 7.11 Å². The van der Waals surface area contributed by atoms with Crippen molar-refractivity contribution in [2.45, 2.75) is 25.8 Å². The molecule has 4 N–H and O–H groups in total. The van der Waals surface area contributed by atoms with E-state index in [-0.39, 0.29) is 18.4 Å². The van der Waals surface area contributed by atoms with Gasteiger partial charge in [0.05, 0.1) is 12.1 Å². The first-order valence-corrected chi connectivity index (χ1v) is 5.72. The molecule has 5 heteroatoms. The zero-order chi connectivity index (χ0) is 13.0. The smallest absolute Gasteiger partial charge is 0.305 e. The van der Waals surface area contributed by atoms with Crippen LogP contribution in [0.4, 0.5) is 5.69 Å². The Bertz CT molecular complexity index is 421. The third kappa shape index (κ3) is 3.35. The molecule has 0 spiro atoms. The van der Waals surface area contributed by atoms with E-state index in [0.29, 0.717) is 17.1 Å². The highest BCUT2D eigenvalue weighted by Crippen LogP contribution is 2.30. The standard InChI is InChI=1S/C12H17ClN2O2/c1-7-9(14)4-3-8(12(7)13)10(15)5-6-11(16)17-2/h3-4,10H,5-6,14-15H2,1-2H3/t10-/m1/s1. The predicted molar refractivity (Wildman–Crippen MR) is 68.8 cm³/mol. The van der Waals surface area contributed by atoms with Crippen molar-refractivity contribution < 1.29 is 9.53 Å². The molecule has 0 amide bonds. The van der Waals surface area contributed by atoms with Gasteiger partial charge in [-0.05, 0) is 30.5 Å². The summed E-state index contributed by atoms with van der Waals surface area (Å²) in [6.45, 7) is 1.84. The van der Waals surface area contributed by atoms with Gasteiger partial charge in [-0.1, -0.05) is 17.7 Å². The second kappa shape index (κ2) is 5.89. The van der Waals surface area contributed by atoms with Crippen LogP contribution < -0.4 is 11.5 Å². The Labute approximate surface area is 106 Å². The molecule has 4 nitrogen and oxygen atoms in total. The van der Waals surface area contributed by atoms with Gasteiger partial charge in [0.25, 0.3) is 0 Å². The maximum absolute atomic E-state index is 11.0. The van der Waals surface area contributed by atoms with Crippen LogP contribution in [0.3, 0.4) is 0 Å². The van der Waals surface area contributed by atoms with Gasteiger partial charge in [0.2, 0.25) is 0 Å². The summed E-state index contributed by atoms with van der Waals surface area (Å²) in [6.07, 6.45) is 0.771. The predicted octanol–water partition coefficient (Wildman–Crippen LogP) is 2.18. The maximum Gasteiger partial charge on any atom is 0.305 e. The molecular weight excluding hydrogens is 240 g/mol. The summed E-state index contributed by atoms with van der Waals surface area (Å²) in [5, 5.41) is 0.572. The molecule has 0 saturated carbocycles. The average Bonchev–Trinajstić information content (AvgIpc) is 2.32. The summed E-state index contributed by atoms with van der Waals surface area (Å²) in [5.41, 5.74) is 14.0. The van der Waals surface area contributed by atoms with Gasteiger partial charge < -0.3 is 16.2 Å². The third-order valence-electron chi connectivity index (χ3n) is 2.74. The fourth-order valence-corrected chi connectivity index (χ4v) is 1.85. The van der Waals surface area contributed by atoms with Gasteiger partial charge in [0, 0.05) is 18.2 Å². The summed E-state index contributed by atoms with van der Waals surface area (Å²) in [5.74, 6) is -0.274. The Kier molecular flexibility index (Phi) is 4.78. The van der Waals surface area contributed by atoms with Crippen LogP contribution in [0.5, 0.6) is 0 Å². The van der Waals surface area contributed by atoms with E-state index in [0.717, 1.165) is 11.1 Å². The first-order valence-electron chi connectivity index (χ1n) is 5.34. The molecule has 1 rings (SSSR count). The van der Waals surface area contributed by atoms with Crippen molar-refractivity contribution in [3.8, 4) is 0 Å². The Morgan fingerprint density at radius 3 is 2.76 bits per heavy atom. The minimum Gasteiger partial charge on any atom is -0.469 e. The molecule has 0 aliphatic carbocycles. The summed E-state index contributed by atoms with van der Waals surface area (Å²) in [6, 6.07) is 3.28. The Hall–Kier alpha value is -1.26. The Morgan fingerprint density at radius 1 is 1.53 bits per heavy atom. The van der Waals surface area contributed by atoms with Crippen molar-refractivity contribution in [1.82, 2.24) is 0 Å². The number of hydrogen-bond acceptors (Lipinski definition) is 4. The van der Waals surface area contributed by atoms with Crippen molar-refractivity contribution in [3.63, 3.8) is 0 Å². The van der Waals surface area contributed by atoms with Crippen LogP contribution in [0.2, 0.25) is 5.02 Å². The normalized spacial score (nSPS) is 12.2. The van der Waals surface area contributed by atoms with Gasteiger partial charge in [-0.25, -0.2) is 0 Å². The summed E-state index contributed by atoms with van der Waals surface area (Å²) >= 11 is 6.17. The first-order chi connectivity index (χ1) is 7.97. The van der Waals surface area contributed by atoms with Gasteiger partial charge in [-0.2, -0.15) is 0 Å². The number of benzene rings is 1. The van der Waals surface area contributed by atoms with Gasteiger partial charge >= 0.3 is 5.97 Å². The lowest BCUT2D eigenvalue weighted by atomic mass is 10.00. The lowest BCUT2D eigenvalue weighted by Crippen LogP contribution is -2.14. The number of carbonyl (C=O) groups is 1. The van der Waals surface area contributed by atoms with Gasteiger partial charge in [0.15, 0.2) is 0 Å². The third-order valence-corrected chi connectivity index (χ3v) is 3.25. The quantitative estimate of drug-likeness (QED) is 0.639. The van der Waals surface area contributed by atoms with Crippen molar-refractivity contribution >= 4 is 23.3 Å². The number of nitrogens with two attached hydrogens (primary N) is 2. The van der Waals surface area contributed by atoms with Crippen molar-refractivity contribution in [2.75, 3.05) is 12.8 Å². The van der Waals surface area contributed by atoms with E-state index in [2.05, 4.69) is 4.74 Å². The molecule has 0 aliphatic rings. The molecule has 17 heavy (non-hydrogen) atoms. The highest BCUT2D eigenvalue weighted by molar-refractivity contribution is 6.32. The number of ether oxygens (including phenoxy) is 1. The van der Waals surface area contributed by atoms with Crippen molar-refractivity contribution in [1.29, 1.82) is 0 Å². The summed E-state index contributed by atoms with van der Waals surface area (Å²) in [4.78, 5) is 11.0. The van der Waals surface area contributed by atoms with E-state index in [4.69, 9.17) is 23.1 Å². The Morgan fingerprint density at radius 2 is 2.18 bits per heavy atom. The molecule has 0 aromatic heterocycles. The zero-order valence-electron chi connectivity index (χ0n) is 10.00. The minimum absolute atomic E-state index is 0.274. The van der Waals surface area contributed by atoms with E-state index < -0.39 is 0 Å². The van der Waals surface area contributed by atoms with Crippen LogP contribution >= 0.6 is 11.6 Å². The van der Waals surface area contributed by atoms with Gasteiger partial charge in [-0.3, -0.25) is 4.79 Å². The number of carbonyl (C=O) groups excluding carboxylic acids is 1. The molecule has 0 saturated heterocycles. The van der Waals surface area contributed by atoms with Crippen LogP contribution in [-0.2, 0) is 9.53 Å². The molecule has 94 valence electrons. The largest absolute Gasteiger partial charge is 0.469 e. The van der Waals surface area contributed by atoms with Crippen LogP contribution in [0.25, 0.3) is 0 Å². The number of esters is 1. The van der Waals surface area contributed by atoms with E-state index in [9.17, 15) is 4.79 Å². The van der Waals surface area contributed by atoms with Crippen LogP contribution in [-0.4, -0.2) is 13.1 Å². The second-order valence-electron chi connectivity index (χ2n) is 3.90. The number of halogens is 1. The Balaban J connectivity index is 2.79. The zero-order valence-corrected chi connectivity index (χ0v) is 10.8. The average molecular weight is 257 g/mol.